The van der Waals surface area contributed by atoms with E-state index in [1.807, 2.05) is 27.0 Å². The number of amides is 1. The SMILES string of the molecule is CC(C)(C)OC(=O)N1CCC(c2cnc(C3(N)CC3)[nH]2)C1. The summed E-state index contributed by atoms with van der Waals surface area (Å²) in [5.41, 5.74) is 6.54. The van der Waals surface area contributed by atoms with E-state index in [1.165, 1.54) is 0 Å². The zero-order valence-corrected chi connectivity index (χ0v) is 13.0. The van der Waals surface area contributed by atoms with E-state index in [0.717, 1.165) is 37.3 Å². The number of aromatic nitrogens is 2. The van der Waals surface area contributed by atoms with Crippen LogP contribution in [-0.2, 0) is 10.3 Å². The van der Waals surface area contributed by atoms with Gasteiger partial charge in [0, 0.05) is 30.9 Å². The third-order valence-electron chi connectivity index (χ3n) is 4.14. The fourth-order valence-electron chi connectivity index (χ4n) is 2.67. The van der Waals surface area contributed by atoms with E-state index in [-0.39, 0.29) is 11.6 Å². The molecule has 1 saturated heterocycles. The molecule has 1 amide bonds. The molecule has 6 heteroatoms. The van der Waals surface area contributed by atoms with Crippen molar-refractivity contribution in [1.29, 1.82) is 0 Å². The lowest BCUT2D eigenvalue weighted by molar-refractivity contribution is 0.0292. The number of nitrogens with one attached hydrogen (secondary N) is 1. The van der Waals surface area contributed by atoms with Gasteiger partial charge in [0.1, 0.15) is 11.4 Å². The van der Waals surface area contributed by atoms with Crippen LogP contribution >= 0.6 is 0 Å². The molecular formula is C15H24N4O2. The summed E-state index contributed by atoms with van der Waals surface area (Å²) < 4.78 is 5.42. The van der Waals surface area contributed by atoms with E-state index >= 15 is 0 Å². The Kier molecular flexibility index (Phi) is 3.24. The summed E-state index contributed by atoms with van der Waals surface area (Å²) in [6, 6.07) is 0. The maximum Gasteiger partial charge on any atom is 0.410 e. The molecule has 21 heavy (non-hydrogen) atoms. The molecule has 116 valence electrons. The molecule has 0 spiro atoms. The molecule has 2 heterocycles. The second-order valence-corrected chi connectivity index (χ2v) is 7.26. The zero-order valence-electron chi connectivity index (χ0n) is 13.0. The molecule has 0 aromatic carbocycles. The number of carbonyl (C=O) groups excluding carboxylic acids is 1. The monoisotopic (exact) mass is 292 g/mol. The van der Waals surface area contributed by atoms with Gasteiger partial charge < -0.3 is 20.4 Å². The van der Waals surface area contributed by atoms with Crippen molar-refractivity contribution >= 4 is 6.09 Å². The van der Waals surface area contributed by atoms with Crippen molar-refractivity contribution in [2.24, 2.45) is 5.73 Å². The zero-order chi connectivity index (χ0) is 15.3. The Hall–Kier alpha value is -1.56. The summed E-state index contributed by atoms with van der Waals surface area (Å²) in [6.07, 6.45) is 4.55. The molecule has 1 aliphatic carbocycles. The van der Waals surface area contributed by atoms with E-state index in [1.54, 1.807) is 4.90 Å². The number of carbonyl (C=O) groups is 1. The number of ether oxygens (including phenoxy) is 1. The van der Waals surface area contributed by atoms with Gasteiger partial charge in [-0.05, 0) is 40.0 Å². The average Bonchev–Trinajstić information content (AvgIpc) is 2.88. The number of hydrogen-bond donors (Lipinski definition) is 2. The Morgan fingerprint density at radius 2 is 2.24 bits per heavy atom. The Labute approximate surface area is 125 Å². The predicted molar refractivity (Wildman–Crippen MR) is 78.9 cm³/mol. The standard InChI is InChI=1S/C15H24N4O2/c1-14(2,3)21-13(20)19-7-4-10(9-19)11-8-17-12(18-11)15(16)5-6-15/h8,10H,4-7,9,16H2,1-3H3,(H,17,18). The van der Waals surface area contributed by atoms with E-state index in [2.05, 4.69) is 9.97 Å². The second-order valence-electron chi connectivity index (χ2n) is 7.26. The van der Waals surface area contributed by atoms with Crippen LogP contribution in [0.4, 0.5) is 4.79 Å². The first-order chi connectivity index (χ1) is 9.77. The first kappa shape index (κ1) is 14.4. The van der Waals surface area contributed by atoms with Crippen molar-refractivity contribution in [3.05, 3.63) is 17.7 Å². The molecule has 3 N–H and O–H groups in total. The number of imidazole rings is 1. The van der Waals surface area contributed by atoms with Crippen LogP contribution in [0.2, 0.25) is 0 Å². The van der Waals surface area contributed by atoms with E-state index < -0.39 is 5.60 Å². The van der Waals surface area contributed by atoms with Crippen molar-refractivity contribution < 1.29 is 9.53 Å². The topological polar surface area (TPSA) is 84.2 Å². The minimum absolute atomic E-state index is 0.234. The van der Waals surface area contributed by atoms with Gasteiger partial charge in [-0.1, -0.05) is 0 Å². The maximum atomic E-state index is 12.1. The Bertz CT molecular complexity index is 542. The summed E-state index contributed by atoms with van der Waals surface area (Å²) in [7, 11) is 0. The van der Waals surface area contributed by atoms with Crippen molar-refractivity contribution in [3.8, 4) is 0 Å². The molecule has 3 rings (SSSR count). The van der Waals surface area contributed by atoms with E-state index in [0.29, 0.717) is 12.5 Å². The van der Waals surface area contributed by atoms with Crippen LogP contribution in [-0.4, -0.2) is 39.7 Å². The Balaban J connectivity index is 1.62. The first-order valence-corrected chi connectivity index (χ1v) is 7.59. The van der Waals surface area contributed by atoms with Crippen LogP contribution in [0.1, 0.15) is 57.5 Å². The van der Waals surface area contributed by atoms with Crippen LogP contribution < -0.4 is 5.73 Å². The highest BCUT2D eigenvalue weighted by atomic mass is 16.6. The molecule has 2 aliphatic rings. The predicted octanol–water partition coefficient (Wildman–Crippen LogP) is 2.08. The van der Waals surface area contributed by atoms with Crippen molar-refractivity contribution in [2.45, 2.75) is 57.1 Å². The number of rotatable bonds is 2. The van der Waals surface area contributed by atoms with Crippen LogP contribution in [0.3, 0.4) is 0 Å². The van der Waals surface area contributed by atoms with Crippen LogP contribution in [0.15, 0.2) is 6.20 Å². The molecule has 1 unspecified atom stereocenters. The molecule has 6 nitrogen and oxygen atoms in total. The van der Waals surface area contributed by atoms with Gasteiger partial charge in [0.2, 0.25) is 0 Å². The van der Waals surface area contributed by atoms with Gasteiger partial charge in [0.05, 0.1) is 5.54 Å². The molecular weight excluding hydrogens is 268 g/mol. The smallest absolute Gasteiger partial charge is 0.410 e. The van der Waals surface area contributed by atoms with Crippen LogP contribution in [0.25, 0.3) is 0 Å². The average molecular weight is 292 g/mol. The van der Waals surface area contributed by atoms with Crippen molar-refractivity contribution in [3.63, 3.8) is 0 Å². The Morgan fingerprint density at radius 3 is 2.86 bits per heavy atom. The van der Waals surface area contributed by atoms with Gasteiger partial charge in [0.15, 0.2) is 0 Å². The highest BCUT2D eigenvalue weighted by Crippen LogP contribution is 2.41. The highest BCUT2D eigenvalue weighted by molar-refractivity contribution is 5.68. The molecule has 1 saturated carbocycles. The molecule has 0 bridgehead atoms. The molecule has 2 fully saturated rings. The minimum Gasteiger partial charge on any atom is -0.444 e. The number of nitrogens with two attached hydrogens (primary N) is 1. The number of nitrogens with zero attached hydrogens (tertiary/aromatic N) is 2. The van der Waals surface area contributed by atoms with Gasteiger partial charge in [0.25, 0.3) is 0 Å². The van der Waals surface area contributed by atoms with Crippen LogP contribution in [0, 0.1) is 0 Å². The molecule has 1 atom stereocenters. The third-order valence-corrected chi connectivity index (χ3v) is 4.14. The lowest BCUT2D eigenvalue weighted by atomic mass is 10.1. The molecule has 1 aromatic rings. The number of H-pyrrole nitrogens is 1. The van der Waals surface area contributed by atoms with Gasteiger partial charge in [-0.15, -0.1) is 0 Å². The van der Waals surface area contributed by atoms with Gasteiger partial charge in [-0.25, -0.2) is 9.78 Å². The van der Waals surface area contributed by atoms with Gasteiger partial charge >= 0.3 is 6.09 Å². The van der Waals surface area contributed by atoms with Gasteiger partial charge in [-0.3, -0.25) is 0 Å². The maximum absolute atomic E-state index is 12.1. The fraction of sp³-hybridized carbons (Fsp3) is 0.733. The fourth-order valence-corrected chi connectivity index (χ4v) is 2.67. The number of aromatic amines is 1. The van der Waals surface area contributed by atoms with Crippen LogP contribution in [0.5, 0.6) is 0 Å². The normalized spacial score (nSPS) is 24.2. The largest absolute Gasteiger partial charge is 0.444 e. The van der Waals surface area contributed by atoms with Crippen molar-refractivity contribution in [1.82, 2.24) is 14.9 Å². The summed E-state index contributed by atoms with van der Waals surface area (Å²) in [5.74, 6) is 1.18. The summed E-state index contributed by atoms with van der Waals surface area (Å²) in [5, 5.41) is 0. The number of likely N-dealkylation sites (tertiary alicyclic amines) is 1. The third kappa shape index (κ3) is 3.05. The summed E-state index contributed by atoms with van der Waals surface area (Å²) >= 11 is 0. The molecule has 1 aliphatic heterocycles. The van der Waals surface area contributed by atoms with E-state index in [4.69, 9.17) is 10.5 Å². The van der Waals surface area contributed by atoms with E-state index in [9.17, 15) is 4.79 Å². The lowest BCUT2D eigenvalue weighted by Gasteiger charge is -2.24. The minimum atomic E-state index is -0.450. The lowest BCUT2D eigenvalue weighted by Crippen LogP contribution is -2.35. The quantitative estimate of drug-likeness (QED) is 0.874. The first-order valence-electron chi connectivity index (χ1n) is 7.59. The summed E-state index contributed by atoms with van der Waals surface area (Å²) in [6.45, 7) is 7.05. The number of hydrogen-bond acceptors (Lipinski definition) is 4. The molecule has 0 radical (unpaired) electrons. The molecule has 1 aromatic heterocycles. The Morgan fingerprint density at radius 1 is 1.52 bits per heavy atom. The van der Waals surface area contributed by atoms with Gasteiger partial charge in [-0.2, -0.15) is 0 Å². The van der Waals surface area contributed by atoms with Crippen molar-refractivity contribution in [2.75, 3.05) is 13.1 Å². The highest BCUT2D eigenvalue weighted by Gasteiger charge is 2.43. The summed E-state index contributed by atoms with van der Waals surface area (Å²) in [4.78, 5) is 21.6. The second kappa shape index (κ2) is 4.73.